The number of hydrogen-bond acceptors (Lipinski definition) is 4. The van der Waals surface area contributed by atoms with Gasteiger partial charge in [-0.3, -0.25) is 9.59 Å². The number of rotatable bonds is 5. The van der Waals surface area contributed by atoms with Crippen molar-refractivity contribution in [2.45, 2.75) is 33.8 Å². The fourth-order valence-electron chi connectivity index (χ4n) is 2.42. The van der Waals surface area contributed by atoms with Crippen molar-refractivity contribution in [1.82, 2.24) is 0 Å². The highest BCUT2D eigenvalue weighted by atomic mass is 16.5. The minimum Gasteiger partial charge on any atom is -0.451 e. The van der Waals surface area contributed by atoms with Crippen LogP contribution >= 0.6 is 0 Å². The first-order valence-corrected chi connectivity index (χ1v) is 7.71. The first-order chi connectivity index (χ1) is 11.3. The molecule has 0 radical (unpaired) electrons. The van der Waals surface area contributed by atoms with Gasteiger partial charge in [0.15, 0.2) is 6.10 Å². The quantitative estimate of drug-likeness (QED) is 0.476. The molecule has 1 atom stereocenters. The minimum atomic E-state index is -0.885. The van der Waals surface area contributed by atoms with Crippen LogP contribution < -0.4 is 0 Å². The Hall–Kier alpha value is -2.75. The third kappa shape index (κ3) is 3.77. The van der Waals surface area contributed by atoms with Gasteiger partial charge in [0.2, 0.25) is 5.78 Å². The second kappa shape index (κ2) is 7.21. The molecule has 0 fully saturated rings. The Morgan fingerprint density at radius 1 is 0.958 bits per heavy atom. The third-order valence-electron chi connectivity index (χ3n) is 4.04. The van der Waals surface area contributed by atoms with Gasteiger partial charge in [0.05, 0.1) is 5.56 Å². The van der Waals surface area contributed by atoms with E-state index in [1.165, 1.54) is 24.3 Å². The van der Waals surface area contributed by atoms with Gasteiger partial charge < -0.3 is 4.74 Å². The highest BCUT2D eigenvalue weighted by molar-refractivity contribution is 6.02. The summed E-state index contributed by atoms with van der Waals surface area (Å²) < 4.78 is 5.27. The van der Waals surface area contributed by atoms with Crippen LogP contribution in [0, 0.1) is 20.8 Å². The first-order valence-electron chi connectivity index (χ1n) is 7.71. The zero-order chi connectivity index (χ0) is 17.9. The molecule has 0 bridgehead atoms. The molecule has 0 unspecified atom stereocenters. The van der Waals surface area contributed by atoms with Crippen LogP contribution in [0.2, 0.25) is 0 Å². The second-order valence-corrected chi connectivity index (χ2v) is 5.90. The maximum atomic E-state index is 12.6. The minimum absolute atomic E-state index is 0.228. The molecule has 2 aromatic rings. The first kappa shape index (κ1) is 17.6. The number of carbonyl (C=O) groups is 3. The summed E-state index contributed by atoms with van der Waals surface area (Å²) in [6.45, 7) is 7.36. The predicted molar refractivity (Wildman–Crippen MR) is 91.7 cm³/mol. The summed E-state index contributed by atoms with van der Waals surface area (Å²) >= 11 is 0. The molecule has 0 N–H and O–H groups in total. The van der Waals surface area contributed by atoms with Crippen molar-refractivity contribution in [1.29, 1.82) is 0 Å². The summed E-state index contributed by atoms with van der Waals surface area (Å²) in [7, 11) is 0. The largest absolute Gasteiger partial charge is 0.451 e. The molecule has 4 nitrogen and oxygen atoms in total. The van der Waals surface area contributed by atoms with Gasteiger partial charge in [-0.25, -0.2) is 4.79 Å². The van der Waals surface area contributed by atoms with Gasteiger partial charge >= 0.3 is 5.97 Å². The standard InChI is InChI=1S/C20H20O4/c1-12-9-14(3)18(10-13(12)2)19(22)15(4)24-20(23)17-7-5-16(11-21)6-8-17/h5-11,15H,1-4H3/t15-/m1/s1. The molecule has 0 saturated heterocycles. The molecule has 24 heavy (non-hydrogen) atoms. The van der Waals surface area contributed by atoms with E-state index >= 15 is 0 Å². The van der Waals surface area contributed by atoms with Crippen LogP contribution in [-0.2, 0) is 4.74 Å². The second-order valence-electron chi connectivity index (χ2n) is 5.90. The number of carbonyl (C=O) groups excluding carboxylic acids is 3. The smallest absolute Gasteiger partial charge is 0.338 e. The van der Waals surface area contributed by atoms with Gasteiger partial charge in [0.25, 0.3) is 0 Å². The number of hydrogen-bond donors (Lipinski definition) is 0. The molecule has 0 saturated carbocycles. The lowest BCUT2D eigenvalue weighted by atomic mass is 9.96. The van der Waals surface area contributed by atoms with Crippen LogP contribution in [0.5, 0.6) is 0 Å². The molecule has 2 rings (SSSR count). The van der Waals surface area contributed by atoms with Crippen LogP contribution in [-0.4, -0.2) is 24.1 Å². The Kier molecular flexibility index (Phi) is 5.29. The third-order valence-corrected chi connectivity index (χ3v) is 4.04. The van der Waals surface area contributed by atoms with Crippen LogP contribution in [0.1, 0.15) is 54.7 Å². The molecule has 0 amide bonds. The molecule has 124 valence electrons. The van der Waals surface area contributed by atoms with E-state index in [-0.39, 0.29) is 5.78 Å². The molecule has 0 aliphatic carbocycles. The fourth-order valence-corrected chi connectivity index (χ4v) is 2.42. The molecule has 0 spiro atoms. The molecule has 0 aliphatic heterocycles. The van der Waals surface area contributed by atoms with E-state index in [1.54, 1.807) is 6.92 Å². The normalized spacial score (nSPS) is 11.7. The molecule has 0 aromatic heterocycles. The maximum Gasteiger partial charge on any atom is 0.338 e. The maximum absolute atomic E-state index is 12.6. The van der Waals surface area contributed by atoms with Crippen LogP contribution in [0.3, 0.4) is 0 Å². The topological polar surface area (TPSA) is 60.4 Å². The van der Waals surface area contributed by atoms with Gasteiger partial charge in [-0.05, 0) is 62.6 Å². The van der Waals surface area contributed by atoms with E-state index in [4.69, 9.17) is 4.74 Å². The van der Waals surface area contributed by atoms with Gasteiger partial charge in [-0.15, -0.1) is 0 Å². The summed E-state index contributed by atoms with van der Waals surface area (Å²) in [5.41, 5.74) is 4.34. The van der Waals surface area contributed by atoms with Crippen molar-refractivity contribution in [2.24, 2.45) is 0 Å². The SMILES string of the molecule is Cc1cc(C)c(C(=O)[C@@H](C)OC(=O)c2ccc(C=O)cc2)cc1C. The van der Waals surface area contributed by atoms with Crippen molar-refractivity contribution < 1.29 is 19.1 Å². The van der Waals surface area contributed by atoms with Crippen molar-refractivity contribution >= 4 is 18.0 Å². The monoisotopic (exact) mass is 324 g/mol. The molecule has 0 heterocycles. The molecule has 4 heteroatoms. The molecule has 2 aromatic carbocycles. The number of aryl methyl sites for hydroxylation is 3. The Morgan fingerprint density at radius 2 is 1.54 bits per heavy atom. The van der Waals surface area contributed by atoms with Crippen LogP contribution in [0.15, 0.2) is 36.4 Å². The van der Waals surface area contributed by atoms with E-state index in [2.05, 4.69) is 0 Å². The fraction of sp³-hybridized carbons (Fsp3) is 0.250. The number of ether oxygens (including phenoxy) is 1. The average Bonchev–Trinajstić information content (AvgIpc) is 2.57. The van der Waals surface area contributed by atoms with E-state index in [9.17, 15) is 14.4 Å². The molecular weight excluding hydrogens is 304 g/mol. The van der Waals surface area contributed by atoms with Crippen LogP contribution in [0.4, 0.5) is 0 Å². The zero-order valence-electron chi connectivity index (χ0n) is 14.3. The Labute approximate surface area is 141 Å². The van der Waals surface area contributed by atoms with E-state index in [1.807, 2.05) is 32.9 Å². The lowest BCUT2D eigenvalue weighted by molar-refractivity contribution is 0.0318. The van der Waals surface area contributed by atoms with Gasteiger partial charge in [0.1, 0.15) is 6.29 Å². The Bertz CT molecular complexity index is 788. The Balaban J connectivity index is 2.14. The lowest BCUT2D eigenvalue weighted by Crippen LogP contribution is -2.25. The number of Topliss-reactive ketones (excluding diaryl/α,β-unsaturated/α-hetero) is 1. The van der Waals surface area contributed by atoms with Gasteiger partial charge in [-0.2, -0.15) is 0 Å². The number of aldehydes is 1. The number of benzene rings is 2. The predicted octanol–water partition coefficient (Wildman–Crippen LogP) is 3.85. The van der Waals surface area contributed by atoms with Crippen molar-refractivity contribution in [3.05, 3.63) is 69.8 Å². The van der Waals surface area contributed by atoms with Crippen molar-refractivity contribution in [2.75, 3.05) is 0 Å². The number of ketones is 1. The lowest BCUT2D eigenvalue weighted by Gasteiger charge is -2.15. The van der Waals surface area contributed by atoms with Crippen LogP contribution in [0.25, 0.3) is 0 Å². The van der Waals surface area contributed by atoms with E-state index < -0.39 is 12.1 Å². The summed E-state index contributed by atoms with van der Waals surface area (Å²) in [5, 5.41) is 0. The molecular formula is C20H20O4. The zero-order valence-corrected chi connectivity index (χ0v) is 14.3. The highest BCUT2D eigenvalue weighted by Gasteiger charge is 2.22. The molecule has 0 aliphatic rings. The summed E-state index contributed by atoms with van der Waals surface area (Å²) in [6, 6.07) is 9.85. The Morgan fingerprint density at radius 3 is 2.12 bits per heavy atom. The van der Waals surface area contributed by atoms with E-state index in [0.29, 0.717) is 23.0 Å². The summed E-state index contributed by atoms with van der Waals surface area (Å²) in [4.78, 5) is 35.3. The van der Waals surface area contributed by atoms with Crippen molar-refractivity contribution in [3.63, 3.8) is 0 Å². The highest BCUT2D eigenvalue weighted by Crippen LogP contribution is 2.18. The van der Waals surface area contributed by atoms with E-state index in [0.717, 1.165) is 16.7 Å². The summed E-state index contributed by atoms with van der Waals surface area (Å²) in [5.74, 6) is -0.816. The number of esters is 1. The summed E-state index contributed by atoms with van der Waals surface area (Å²) in [6.07, 6.45) is -0.187. The van der Waals surface area contributed by atoms with Gasteiger partial charge in [-0.1, -0.05) is 18.2 Å². The average molecular weight is 324 g/mol. The van der Waals surface area contributed by atoms with Crippen molar-refractivity contribution in [3.8, 4) is 0 Å². The van der Waals surface area contributed by atoms with Gasteiger partial charge in [0, 0.05) is 11.1 Å².